The van der Waals surface area contributed by atoms with E-state index in [0.717, 1.165) is 11.1 Å². The van der Waals surface area contributed by atoms with E-state index in [-0.39, 0.29) is 17.4 Å². The molecule has 1 heterocycles. The van der Waals surface area contributed by atoms with Crippen LogP contribution in [0.3, 0.4) is 0 Å². The summed E-state index contributed by atoms with van der Waals surface area (Å²) in [5, 5.41) is 23.4. The Bertz CT molecular complexity index is 823. The Hall–Kier alpha value is -2.70. The number of aliphatic hydroxyl groups is 1. The highest BCUT2D eigenvalue weighted by atomic mass is 16.4. The van der Waals surface area contributed by atoms with Gasteiger partial charge in [0.25, 0.3) is 0 Å². The molecule has 1 aliphatic heterocycles. The van der Waals surface area contributed by atoms with Gasteiger partial charge in [-0.3, -0.25) is 9.80 Å². The molecular weight excluding hydrogens is 368 g/mol. The van der Waals surface area contributed by atoms with Crippen molar-refractivity contribution in [1.29, 1.82) is 0 Å². The summed E-state index contributed by atoms with van der Waals surface area (Å²) in [7, 11) is 0. The molecule has 0 bridgehead atoms. The van der Waals surface area contributed by atoms with E-state index in [1.54, 1.807) is 29.3 Å². The Labute approximate surface area is 171 Å². The van der Waals surface area contributed by atoms with Gasteiger partial charge < -0.3 is 10.2 Å². The van der Waals surface area contributed by atoms with Gasteiger partial charge in [-0.25, -0.2) is 9.80 Å². The van der Waals surface area contributed by atoms with E-state index in [4.69, 9.17) is 5.11 Å². The summed E-state index contributed by atoms with van der Waals surface area (Å²) >= 11 is 0. The first-order valence-corrected chi connectivity index (χ1v) is 10.1. The molecule has 0 spiro atoms. The number of aromatic carboxylic acids is 1. The molecular formula is C23H28N2O4. The van der Waals surface area contributed by atoms with Gasteiger partial charge in [0.2, 0.25) is 5.91 Å². The van der Waals surface area contributed by atoms with Crippen LogP contribution < -0.4 is 0 Å². The molecule has 6 heteroatoms. The van der Waals surface area contributed by atoms with Crippen LogP contribution in [0.5, 0.6) is 0 Å². The second kappa shape index (κ2) is 9.67. The Balaban J connectivity index is 1.52. The molecule has 1 fully saturated rings. The summed E-state index contributed by atoms with van der Waals surface area (Å²) in [6.45, 7) is 3.87. The van der Waals surface area contributed by atoms with Gasteiger partial charge in [-0.15, -0.1) is 0 Å². The number of hydrazine groups is 1. The Morgan fingerprint density at radius 2 is 1.76 bits per heavy atom. The number of benzene rings is 2. The zero-order valence-electron chi connectivity index (χ0n) is 16.7. The number of hydrogen-bond donors (Lipinski definition) is 2. The zero-order valence-corrected chi connectivity index (χ0v) is 16.7. The molecule has 1 amide bonds. The molecule has 2 N–H and O–H groups in total. The average molecular weight is 396 g/mol. The van der Waals surface area contributed by atoms with Crippen LogP contribution in [0.15, 0.2) is 54.6 Å². The number of carbonyl (C=O) groups is 2. The van der Waals surface area contributed by atoms with E-state index in [2.05, 4.69) is 0 Å². The third kappa shape index (κ3) is 5.43. The lowest BCUT2D eigenvalue weighted by Gasteiger charge is -2.29. The molecule has 154 valence electrons. The lowest BCUT2D eigenvalue weighted by atomic mass is 9.93. The Kier molecular flexibility index (Phi) is 7.01. The minimum atomic E-state index is -0.944. The van der Waals surface area contributed by atoms with E-state index in [9.17, 15) is 14.7 Å². The first-order valence-electron chi connectivity index (χ1n) is 10.1. The summed E-state index contributed by atoms with van der Waals surface area (Å²) in [6, 6.07) is 16.7. The largest absolute Gasteiger partial charge is 0.478 e. The van der Waals surface area contributed by atoms with Crippen LogP contribution in [0, 0.1) is 0 Å². The normalized spacial score (nSPS) is 16.8. The topological polar surface area (TPSA) is 81.1 Å². The van der Waals surface area contributed by atoms with Crippen LogP contribution in [-0.2, 0) is 11.2 Å². The molecule has 2 aromatic carbocycles. The van der Waals surface area contributed by atoms with E-state index in [0.29, 0.717) is 38.9 Å². The van der Waals surface area contributed by atoms with E-state index >= 15 is 0 Å². The van der Waals surface area contributed by atoms with Gasteiger partial charge in [-0.05, 0) is 36.1 Å². The maximum absolute atomic E-state index is 12.3. The highest BCUT2D eigenvalue weighted by Gasteiger charge is 2.29. The number of carboxylic acid groups (broad SMARTS) is 1. The van der Waals surface area contributed by atoms with Gasteiger partial charge in [0.15, 0.2) is 0 Å². The van der Waals surface area contributed by atoms with Gasteiger partial charge in [0.1, 0.15) is 0 Å². The summed E-state index contributed by atoms with van der Waals surface area (Å²) in [6.07, 6.45) is 1.26. The highest BCUT2D eigenvalue weighted by molar-refractivity contribution is 5.87. The molecule has 2 unspecified atom stereocenters. The lowest BCUT2D eigenvalue weighted by molar-refractivity contribution is -0.138. The Morgan fingerprint density at radius 1 is 1.07 bits per heavy atom. The molecule has 0 radical (unpaired) electrons. The monoisotopic (exact) mass is 396 g/mol. The summed E-state index contributed by atoms with van der Waals surface area (Å²) in [4.78, 5) is 23.2. The van der Waals surface area contributed by atoms with Crippen LogP contribution in [0.1, 0.15) is 47.2 Å². The standard InChI is InChI=1S/C23H28N2O4/c1-17(19-5-3-2-4-6-19)21(26)12-14-24-15-13-22(27)25(24)16-11-18-7-9-20(10-8-18)23(28)29/h2-10,17,21,26H,11-16H2,1H3,(H,28,29). The lowest BCUT2D eigenvalue weighted by Crippen LogP contribution is -2.42. The van der Waals surface area contributed by atoms with E-state index < -0.39 is 12.1 Å². The van der Waals surface area contributed by atoms with Crippen LogP contribution in [-0.4, -0.2) is 57.8 Å². The summed E-state index contributed by atoms with van der Waals surface area (Å²) < 4.78 is 0. The van der Waals surface area contributed by atoms with Crippen LogP contribution in [0.4, 0.5) is 0 Å². The SMILES string of the molecule is CC(c1ccccc1)C(O)CCN1CCC(=O)N1CCc1ccc(C(=O)O)cc1. The molecule has 6 nitrogen and oxygen atoms in total. The molecule has 1 saturated heterocycles. The van der Waals surface area contributed by atoms with Crippen molar-refractivity contribution >= 4 is 11.9 Å². The number of rotatable bonds is 9. The van der Waals surface area contributed by atoms with Crippen molar-refractivity contribution in [2.45, 2.75) is 38.2 Å². The van der Waals surface area contributed by atoms with Gasteiger partial charge >= 0.3 is 5.97 Å². The maximum Gasteiger partial charge on any atom is 0.335 e. The maximum atomic E-state index is 12.3. The second-order valence-corrected chi connectivity index (χ2v) is 7.53. The molecule has 2 aromatic rings. The summed E-state index contributed by atoms with van der Waals surface area (Å²) in [5.41, 5.74) is 2.36. The fourth-order valence-electron chi connectivity index (χ4n) is 3.69. The van der Waals surface area contributed by atoms with Crippen molar-refractivity contribution in [2.75, 3.05) is 19.6 Å². The fraction of sp³-hybridized carbons (Fsp3) is 0.391. The zero-order chi connectivity index (χ0) is 20.8. The van der Waals surface area contributed by atoms with Crippen LogP contribution >= 0.6 is 0 Å². The predicted molar refractivity (Wildman–Crippen MR) is 110 cm³/mol. The molecule has 0 aliphatic carbocycles. The number of carbonyl (C=O) groups excluding carboxylic acids is 1. The van der Waals surface area contributed by atoms with Crippen LogP contribution in [0.2, 0.25) is 0 Å². The van der Waals surface area contributed by atoms with Gasteiger partial charge in [0.05, 0.1) is 11.7 Å². The number of amides is 1. The third-order valence-corrected chi connectivity index (χ3v) is 5.61. The average Bonchev–Trinajstić information content (AvgIpc) is 3.10. The summed E-state index contributed by atoms with van der Waals surface area (Å²) in [5.74, 6) is -0.811. The Morgan fingerprint density at radius 3 is 2.41 bits per heavy atom. The van der Waals surface area contributed by atoms with Crippen molar-refractivity contribution in [3.63, 3.8) is 0 Å². The first kappa shape index (κ1) is 21.0. The first-order chi connectivity index (χ1) is 14.0. The number of nitrogens with zero attached hydrogens (tertiary/aromatic N) is 2. The van der Waals surface area contributed by atoms with Crippen molar-refractivity contribution in [3.8, 4) is 0 Å². The molecule has 0 saturated carbocycles. The number of carboxylic acids is 1. The second-order valence-electron chi connectivity index (χ2n) is 7.53. The molecule has 0 aromatic heterocycles. The van der Waals surface area contributed by atoms with Gasteiger partial charge in [-0.2, -0.15) is 0 Å². The van der Waals surface area contributed by atoms with Crippen molar-refractivity contribution in [2.24, 2.45) is 0 Å². The molecule has 29 heavy (non-hydrogen) atoms. The van der Waals surface area contributed by atoms with E-state index in [1.165, 1.54) is 0 Å². The smallest absolute Gasteiger partial charge is 0.335 e. The molecule has 1 aliphatic rings. The highest BCUT2D eigenvalue weighted by Crippen LogP contribution is 2.22. The van der Waals surface area contributed by atoms with E-state index in [1.807, 2.05) is 42.3 Å². The van der Waals surface area contributed by atoms with Crippen LogP contribution in [0.25, 0.3) is 0 Å². The van der Waals surface area contributed by atoms with Gasteiger partial charge in [-0.1, -0.05) is 49.4 Å². The third-order valence-electron chi connectivity index (χ3n) is 5.61. The molecule has 3 rings (SSSR count). The van der Waals surface area contributed by atoms with Crippen molar-refractivity contribution in [1.82, 2.24) is 10.0 Å². The number of aliphatic hydroxyl groups excluding tert-OH is 1. The van der Waals surface area contributed by atoms with Crippen molar-refractivity contribution < 1.29 is 19.8 Å². The van der Waals surface area contributed by atoms with Crippen molar-refractivity contribution in [3.05, 3.63) is 71.3 Å². The predicted octanol–water partition coefficient (Wildman–Crippen LogP) is 2.93. The molecule has 2 atom stereocenters. The number of hydrogen-bond acceptors (Lipinski definition) is 4. The fourth-order valence-corrected chi connectivity index (χ4v) is 3.69. The minimum Gasteiger partial charge on any atom is -0.478 e. The van der Waals surface area contributed by atoms with Gasteiger partial charge in [0, 0.05) is 32.0 Å². The minimum absolute atomic E-state index is 0.0377. The quantitative estimate of drug-likeness (QED) is 0.681.